The minimum Gasteiger partial charge on any atom is -0.442 e. The summed E-state index contributed by atoms with van der Waals surface area (Å²) in [6, 6.07) is 5.84. The molecule has 3 aromatic rings. The number of halogens is 1. The Morgan fingerprint density at radius 3 is 2.96 bits per heavy atom. The van der Waals surface area contributed by atoms with Gasteiger partial charge in [-0.25, -0.2) is 4.98 Å². The van der Waals surface area contributed by atoms with E-state index in [2.05, 4.69) is 20.9 Å². The third-order valence-electron chi connectivity index (χ3n) is 4.34. The molecule has 0 aliphatic carbocycles. The van der Waals surface area contributed by atoms with Gasteiger partial charge in [-0.1, -0.05) is 15.9 Å². The van der Waals surface area contributed by atoms with Gasteiger partial charge in [0.1, 0.15) is 17.5 Å². The van der Waals surface area contributed by atoms with Crippen LogP contribution < -0.4 is 10.5 Å². The number of carbonyl (C=O) groups excluding carboxylic acids is 1. The normalized spacial score (nSPS) is 13.5. The summed E-state index contributed by atoms with van der Waals surface area (Å²) in [5, 5.41) is 0.244. The maximum absolute atomic E-state index is 13.1. The average molecular weight is 388 g/mol. The number of benzene rings is 1. The lowest BCUT2D eigenvalue weighted by molar-refractivity contribution is 0.0989. The van der Waals surface area contributed by atoms with Crippen LogP contribution in [0, 0.1) is 6.92 Å². The molecule has 2 aromatic heterocycles. The molecule has 3 heterocycles. The van der Waals surface area contributed by atoms with Gasteiger partial charge in [-0.3, -0.25) is 9.59 Å². The zero-order chi connectivity index (χ0) is 17.0. The molecule has 1 amide bonds. The van der Waals surface area contributed by atoms with Crippen molar-refractivity contribution in [3.63, 3.8) is 0 Å². The second kappa shape index (κ2) is 5.31. The van der Waals surface area contributed by atoms with Crippen LogP contribution in [0.4, 0.5) is 5.69 Å². The number of aryl methyl sites for hydroxylation is 2. The van der Waals surface area contributed by atoms with Crippen molar-refractivity contribution in [3.8, 4) is 0 Å². The van der Waals surface area contributed by atoms with E-state index in [1.807, 2.05) is 18.2 Å². The van der Waals surface area contributed by atoms with Crippen LogP contribution in [-0.2, 0) is 13.5 Å². The Kier molecular flexibility index (Phi) is 3.35. The Morgan fingerprint density at radius 2 is 2.17 bits per heavy atom. The Bertz CT molecular complexity index is 1050. The van der Waals surface area contributed by atoms with Crippen LogP contribution in [0.1, 0.15) is 21.7 Å². The monoisotopic (exact) mass is 387 g/mol. The molecule has 24 heavy (non-hydrogen) atoms. The van der Waals surface area contributed by atoms with E-state index in [0.717, 1.165) is 22.1 Å². The first-order chi connectivity index (χ1) is 11.5. The van der Waals surface area contributed by atoms with Gasteiger partial charge in [0.25, 0.3) is 11.5 Å². The zero-order valence-corrected chi connectivity index (χ0v) is 14.8. The predicted molar refractivity (Wildman–Crippen MR) is 93.5 cm³/mol. The molecule has 0 atom stereocenters. The van der Waals surface area contributed by atoms with Crippen molar-refractivity contribution in [1.29, 1.82) is 0 Å². The number of fused-ring (bicyclic) bond motifs is 2. The number of hydrogen-bond acceptors (Lipinski definition) is 4. The number of anilines is 1. The van der Waals surface area contributed by atoms with E-state index < -0.39 is 0 Å². The summed E-state index contributed by atoms with van der Waals surface area (Å²) < 4.78 is 7.88. The highest BCUT2D eigenvalue weighted by atomic mass is 79.9. The second-order valence-corrected chi connectivity index (χ2v) is 6.77. The van der Waals surface area contributed by atoms with Gasteiger partial charge in [-0.05, 0) is 37.1 Å². The van der Waals surface area contributed by atoms with E-state index in [1.54, 1.807) is 18.9 Å². The maximum Gasteiger partial charge on any atom is 0.265 e. The summed E-state index contributed by atoms with van der Waals surface area (Å²) in [6.45, 7) is 2.27. The third-order valence-corrected chi connectivity index (χ3v) is 4.84. The van der Waals surface area contributed by atoms with E-state index in [4.69, 9.17) is 4.42 Å². The van der Waals surface area contributed by atoms with Crippen LogP contribution in [0.5, 0.6) is 0 Å². The quantitative estimate of drug-likeness (QED) is 0.643. The highest BCUT2D eigenvalue weighted by molar-refractivity contribution is 9.10. The largest absolute Gasteiger partial charge is 0.442 e. The molecule has 0 N–H and O–H groups in total. The van der Waals surface area contributed by atoms with E-state index in [0.29, 0.717) is 17.9 Å². The summed E-state index contributed by atoms with van der Waals surface area (Å²) in [5.74, 6) is 0.189. The van der Waals surface area contributed by atoms with Crippen molar-refractivity contribution in [1.82, 2.24) is 9.55 Å². The fraction of sp³-hybridized carbons (Fsp3) is 0.235. The molecule has 0 saturated heterocycles. The Morgan fingerprint density at radius 1 is 1.38 bits per heavy atom. The number of nitrogens with zero attached hydrogens (tertiary/aromatic N) is 3. The second-order valence-electron chi connectivity index (χ2n) is 5.85. The smallest absolute Gasteiger partial charge is 0.265 e. The summed E-state index contributed by atoms with van der Waals surface area (Å²) in [6.07, 6.45) is 2.18. The van der Waals surface area contributed by atoms with Crippen molar-refractivity contribution in [2.24, 2.45) is 7.05 Å². The van der Waals surface area contributed by atoms with Gasteiger partial charge in [-0.2, -0.15) is 0 Å². The number of rotatable bonds is 1. The van der Waals surface area contributed by atoms with E-state index >= 15 is 0 Å². The lowest BCUT2D eigenvalue weighted by Gasteiger charge is -2.17. The molecule has 1 aliphatic rings. The van der Waals surface area contributed by atoms with Gasteiger partial charge >= 0.3 is 0 Å². The highest BCUT2D eigenvalue weighted by Gasteiger charge is 2.31. The first-order valence-electron chi connectivity index (χ1n) is 7.52. The number of aromatic nitrogens is 2. The van der Waals surface area contributed by atoms with Crippen molar-refractivity contribution in [3.05, 3.63) is 56.2 Å². The molecular weight excluding hydrogens is 374 g/mol. The molecule has 0 bridgehead atoms. The first kappa shape index (κ1) is 15.1. The molecular formula is C17H14BrN3O3. The van der Waals surface area contributed by atoms with E-state index in [-0.39, 0.29) is 22.6 Å². The van der Waals surface area contributed by atoms with Crippen molar-refractivity contribution in [2.75, 3.05) is 11.4 Å². The van der Waals surface area contributed by atoms with Crippen molar-refractivity contribution < 1.29 is 9.21 Å². The number of furan rings is 1. The molecule has 0 unspecified atom stereocenters. The Balaban J connectivity index is 1.88. The fourth-order valence-electron chi connectivity index (χ4n) is 3.16. The lowest BCUT2D eigenvalue weighted by atomic mass is 10.1. The first-order valence-corrected chi connectivity index (χ1v) is 8.31. The highest BCUT2D eigenvalue weighted by Crippen LogP contribution is 2.33. The van der Waals surface area contributed by atoms with Gasteiger partial charge in [-0.15, -0.1) is 0 Å². The van der Waals surface area contributed by atoms with Crippen LogP contribution in [-0.4, -0.2) is 22.0 Å². The predicted octanol–water partition coefficient (Wildman–Crippen LogP) is 2.80. The van der Waals surface area contributed by atoms with Gasteiger partial charge in [0.2, 0.25) is 5.71 Å². The SMILES string of the molecule is Cc1oc2ncn(C)c(=O)c2c1C(=O)N1CCc2cc(Br)ccc21. The van der Waals surface area contributed by atoms with Crippen LogP contribution in [0.3, 0.4) is 0 Å². The fourth-order valence-corrected chi connectivity index (χ4v) is 3.57. The van der Waals surface area contributed by atoms with E-state index in [1.165, 1.54) is 10.9 Å². The molecule has 1 aliphatic heterocycles. The molecule has 0 radical (unpaired) electrons. The minimum absolute atomic E-state index is 0.203. The van der Waals surface area contributed by atoms with Crippen LogP contribution in [0.2, 0.25) is 0 Å². The van der Waals surface area contributed by atoms with Gasteiger partial charge < -0.3 is 13.9 Å². The number of carbonyl (C=O) groups is 1. The summed E-state index contributed by atoms with van der Waals surface area (Å²) in [4.78, 5) is 31.4. The molecule has 0 saturated carbocycles. The maximum atomic E-state index is 13.1. The molecule has 4 rings (SSSR count). The molecule has 6 nitrogen and oxygen atoms in total. The molecule has 0 fully saturated rings. The summed E-state index contributed by atoms with van der Waals surface area (Å²) in [5.41, 5.74) is 2.20. The average Bonchev–Trinajstić information content (AvgIpc) is 3.11. The standard InChI is InChI=1S/C17H14BrN3O3/c1-9-13(14-15(24-9)19-8-20(2)16(14)22)17(23)21-6-5-10-7-11(18)3-4-12(10)21/h3-4,7-8H,5-6H2,1-2H3. The van der Waals surface area contributed by atoms with Gasteiger partial charge in [0.15, 0.2) is 0 Å². The van der Waals surface area contributed by atoms with E-state index in [9.17, 15) is 9.59 Å². The number of hydrogen-bond donors (Lipinski definition) is 0. The minimum atomic E-state index is -0.282. The molecule has 122 valence electrons. The molecule has 7 heteroatoms. The lowest BCUT2D eigenvalue weighted by Crippen LogP contribution is -2.30. The number of amides is 1. The molecule has 1 aromatic carbocycles. The van der Waals surface area contributed by atoms with Crippen LogP contribution in [0.15, 0.2) is 38.2 Å². The summed E-state index contributed by atoms with van der Waals surface area (Å²) >= 11 is 3.45. The Labute approximate surface area is 145 Å². The van der Waals surface area contributed by atoms with Crippen LogP contribution in [0.25, 0.3) is 11.1 Å². The van der Waals surface area contributed by atoms with Gasteiger partial charge in [0.05, 0.1) is 5.56 Å². The topological polar surface area (TPSA) is 68.3 Å². The van der Waals surface area contributed by atoms with Crippen LogP contribution >= 0.6 is 15.9 Å². The van der Waals surface area contributed by atoms with Crippen molar-refractivity contribution in [2.45, 2.75) is 13.3 Å². The van der Waals surface area contributed by atoms with Crippen molar-refractivity contribution >= 4 is 38.6 Å². The zero-order valence-electron chi connectivity index (χ0n) is 13.2. The summed E-state index contributed by atoms with van der Waals surface area (Å²) in [7, 11) is 1.61. The third kappa shape index (κ3) is 2.11. The molecule has 0 spiro atoms. The van der Waals surface area contributed by atoms with Gasteiger partial charge in [0, 0.05) is 23.8 Å². The Hall–Kier alpha value is -2.41.